The standard InChI is InChI=1S/C9H4BrF3N2O/c10-5-1-2-7-6(4-16)14-8(9(11,12)13)15(7)3-5/h1-4H. The van der Waals surface area contributed by atoms with E-state index in [1.54, 1.807) is 6.07 Å². The van der Waals surface area contributed by atoms with Crippen LogP contribution < -0.4 is 0 Å². The number of hydrogen-bond donors (Lipinski definition) is 0. The summed E-state index contributed by atoms with van der Waals surface area (Å²) in [6, 6.07) is 2.94. The SMILES string of the molecule is O=Cc1nc(C(F)(F)F)n2cc(Br)ccc12. The van der Waals surface area contributed by atoms with Gasteiger partial charge < -0.3 is 0 Å². The van der Waals surface area contributed by atoms with Crippen LogP contribution in [0.2, 0.25) is 0 Å². The Morgan fingerprint density at radius 2 is 2.06 bits per heavy atom. The molecular formula is C9H4BrF3N2O. The first-order valence-electron chi connectivity index (χ1n) is 4.13. The zero-order valence-corrected chi connectivity index (χ0v) is 9.21. The third-order valence-corrected chi connectivity index (χ3v) is 2.46. The molecule has 84 valence electrons. The van der Waals surface area contributed by atoms with Gasteiger partial charge in [-0.15, -0.1) is 0 Å². The largest absolute Gasteiger partial charge is 0.450 e. The molecule has 16 heavy (non-hydrogen) atoms. The van der Waals surface area contributed by atoms with Gasteiger partial charge in [0.25, 0.3) is 0 Å². The maximum absolute atomic E-state index is 12.6. The van der Waals surface area contributed by atoms with E-state index in [1.165, 1.54) is 12.3 Å². The fourth-order valence-electron chi connectivity index (χ4n) is 1.37. The summed E-state index contributed by atoms with van der Waals surface area (Å²) >= 11 is 3.06. The molecule has 2 heterocycles. The van der Waals surface area contributed by atoms with Gasteiger partial charge in [0.05, 0.1) is 5.52 Å². The number of aldehydes is 1. The minimum absolute atomic E-state index is 0.130. The molecule has 2 rings (SSSR count). The van der Waals surface area contributed by atoms with E-state index in [4.69, 9.17) is 0 Å². The Hall–Kier alpha value is -1.37. The average molecular weight is 293 g/mol. The highest BCUT2D eigenvalue weighted by atomic mass is 79.9. The van der Waals surface area contributed by atoms with Crippen molar-refractivity contribution in [1.82, 2.24) is 9.38 Å². The Morgan fingerprint density at radius 1 is 1.38 bits per heavy atom. The molecule has 0 bridgehead atoms. The second-order valence-electron chi connectivity index (χ2n) is 3.04. The molecule has 7 heteroatoms. The first-order valence-corrected chi connectivity index (χ1v) is 4.93. The number of halogens is 4. The van der Waals surface area contributed by atoms with Gasteiger partial charge in [0.15, 0.2) is 6.29 Å². The van der Waals surface area contributed by atoms with Gasteiger partial charge in [0.1, 0.15) is 5.69 Å². The Balaban J connectivity index is 2.84. The van der Waals surface area contributed by atoms with Gasteiger partial charge in [-0.2, -0.15) is 13.2 Å². The van der Waals surface area contributed by atoms with Crippen LogP contribution in [0.25, 0.3) is 5.52 Å². The fraction of sp³-hybridized carbons (Fsp3) is 0.111. The molecule has 0 N–H and O–H groups in total. The van der Waals surface area contributed by atoms with Crippen LogP contribution in [0.1, 0.15) is 16.3 Å². The first kappa shape index (κ1) is 11.1. The smallest absolute Gasteiger partial charge is 0.296 e. The second-order valence-corrected chi connectivity index (χ2v) is 3.95. The van der Waals surface area contributed by atoms with Crippen molar-refractivity contribution in [2.24, 2.45) is 0 Å². The molecule has 2 aromatic heterocycles. The van der Waals surface area contributed by atoms with Crippen LogP contribution in [0, 0.1) is 0 Å². The van der Waals surface area contributed by atoms with Crippen molar-refractivity contribution < 1.29 is 18.0 Å². The maximum atomic E-state index is 12.6. The summed E-state index contributed by atoms with van der Waals surface area (Å²) in [4.78, 5) is 13.9. The fourth-order valence-corrected chi connectivity index (χ4v) is 1.71. The predicted octanol–water partition coefficient (Wildman–Crippen LogP) is 2.93. The number of nitrogens with zero attached hydrogens (tertiary/aromatic N) is 2. The lowest BCUT2D eigenvalue weighted by molar-refractivity contribution is -0.145. The number of hydrogen-bond acceptors (Lipinski definition) is 2. The molecule has 0 spiro atoms. The van der Waals surface area contributed by atoms with E-state index < -0.39 is 12.0 Å². The van der Waals surface area contributed by atoms with Crippen molar-refractivity contribution in [2.45, 2.75) is 6.18 Å². The van der Waals surface area contributed by atoms with Crippen molar-refractivity contribution in [3.8, 4) is 0 Å². The van der Waals surface area contributed by atoms with Crippen LogP contribution in [0.15, 0.2) is 22.8 Å². The highest BCUT2D eigenvalue weighted by Crippen LogP contribution is 2.30. The molecule has 3 nitrogen and oxygen atoms in total. The van der Waals surface area contributed by atoms with Crippen LogP contribution in [0.5, 0.6) is 0 Å². The number of carbonyl (C=O) groups is 1. The second kappa shape index (κ2) is 3.58. The molecule has 0 saturated heterocycles. The highest BCUT2D eigenvalue weighted by molar-refractivity contribution is 9.10. The molecule has 0 fully saturated rings. The zero-order chi connectivity index (χ0) is 11.9. The first-order chi connectivity index (χ1) is 7.43. The summed E-state index contributed by atoms with van der Waals surface area (Å²) in [5.41, 5.74) is -0.0923. The molecule has 0 unspecified atom stereocenters. The molecule has 2 aromatic rings. The van der Waals surface area contributed by atoms with Gasteiger partial charge in [-0.25, -0.2) is 4.98 Å². The lowest BCUT2D eigenvalue weighted by Crippen LogP contribution is -2.10. The number of carbonyl (C=O) groups excluding carboxylic acids is 1. The summed E-state index contributed by atoms with van der Waals surface area (Å²) in [5, 5.41) is 0. The normalized spacial score (nSPS) is 12.0. The molecule has 0 radical (unpaired) electrons. The van der Waals surface area contributed by atoms with Gasteiger partial charge in [0.2, 0.25) is 5.82 Å². The maximum Gasteiger partial charge on any atom is 0.450 e. The minimum Gasteiger partial charge on any atom is -0.296 e. The van der Waals surface area contributed by atoms with Crippen molar-refractivity contribution >= 4 is 27.7 Å². The van der Waals surface area contributed by atoms with Crippen molar-refractivity contribution in [3.05, 3.63) is 34.3 Å². The van der Waals surface area contributed by atoms with E-state index in [0.29, 0.717) is 10.8 Å². The molecule has 0 aliphatic heterocycles. The molecule has 0 saturated carbocycles. The average Bonchev–Trinajstić information content (AvgIpc) is 2.54. The lowest BCUT2D eigenvalue weighted by atomic mass is 10.3. The van der Waals surface area contributed by atoms with Gasteiger partial charge in [-0.05, 0) is 28.1 Å². The lowest BCUT2D eigenvalue weighted by Gasteiger charge is -2.04. The van der Waals surface area contributed by atoms with Gasteiger partial charge >= 0.3 is 6.18 Å². The topological polar surface area (TPSA) is 34.4 Å². The summed E-state index contributed by atoms with van der Waals surface area (Å²) in [7, 11) is 0. The van der Waals surface area contributed by atoms with Gasteiger partial charge in [-0.3, -0.25) is 9.20 Å². The zero-order valence-electron chi connectivity index (χ0n) is 7.62. The summed E-state index contributed by atoms with van der Waals surface area (Å²) in [6.45, 7) is 0. The monoisotopic (exact) mass is 292 g/mol. The predicted molar refractivity (Wildman–Crippen MR) is 53.3 cm³/mol. The number of aromatic nitrogens is 2. The Labute approximate surface area is 96.0 Å². The van der Waals surface area contributed by atoms with Crippen LogP contribution in [0.4, 0.5) is 13.2 Å². The van der Waals surface area contributed by atoms with Crippen molar-refractivity contribution in [3.63, 3.8) is 0 Å². The molecule has 0 aliphatic carbocycles. The Kier molecular flexibility index (Phi) is 2.49. The van der Waals surface area contributed by atoms with Crippen molar-refractivity contribution in [2.75, 3.05) is 0 Å². The minimum atomic E-state index is -4.59. The molecule has 0 aliphatic rings. The summed E-state index contributed by atoms with van der Waals surface area (Å²) < 4.78 is 39.1. The summed E-state index contributed by atoms with van der Waals surface area (Å²) in [6.07, 6.45) is -3.07. The summed E-state index contributed by atoms with van der Waals surface area (Å²) in [5.74, 6) is -1.11. The van der Waals surface area contributed by atoms with E-state index in [-0.39, 0.29) is 11.2 Å². The Morgan fingerprint density at radius 3 is 2.62 bits per heavy atom. The number of imidazole rings is 1. The number of rotatable bonds is 1. The number of fused-ring (bicyclic) bond motifs is 1. The number of pyridine rings is 1. The van der Waals surface area contributed by atoms with Crippen LogP contribution >= 0.6 is 15.9 Å². The van der Waals surface area contributed by atoms with E-state index in [1.807, 2.05) is 0 Å². The quantitative estimate of drug-likeness (QED) is 0.758. The van der Waals surface area contributed by atoms with Gasteiger partial charge in [0, 0.05) is 10.7 Å². The molecular weight excluding hydrogens is 289 g/mol. The molecule has 0 aromatic carbocycles. The van der Waals surface area contributed by atoms with Crippen molar-refractivity contribution in [1.29, 1.82) is 0 Å². The van der Waals surface area contributed by atoms with E-state index >= 15 is 0 Å². The van der Waals surface area contributed by atoms with Gasteiger partial charge in [-0.1, -0.05) is 0 Å². The molecule has 0 atom stereocenters. The molecule has 0 amide bonds. The van der Waals surface area contributed by atoms with E-state index in [9.17, 15) is 18.0 Å². The highest BCUT2D eigenvalue weighted by Gasteiger charge is 2.37. The third kappa shape index (κ3) is 1.71. The van der Waals surface area contributed by atoms with Crippen LogP contribution in [-0.2, 0) is 6.18 Å². The van der Waals surface area contributed by atoms with Crippen LogP contribution in [-0.4, -0.2) is 15.7 Å². The van der Waals surface area contributed by atoms with E-state index in [2.05, 4.69) is 20.9 Å². The third-order valence-electron chi connectivity index (χ3n) is 1.99. The number of alkyl halides is 3. The van der Waals surface area contributed by atoms with E-state index in [0.717, 1.165) is 4.40 Å². The van der Waals surface area contributed by atoms with Crippen LogP contribution in [0.3, 0.4) is 0 Å². The Bertz CT molecular complexity index is 562.